The Morgan fingerprint density at radius 3 is 2.68 bits per heavy atom. The molecule has 7 nitrogen and oxygen atoms in total. The quantitative estimate of drug-likeness (QED) is 0.773. The molecule has 0 unspecified atom stereocenters. The Bertz CT molecular complexity index is 670. The zero-order chi connectivity index (χ0) is 16.2. The summed E-state index contributed by atoms with van der Waals surface area (Å²) in [5.74, 6) is -0.704. The van der Waals surface area contributed by atoms with Crippen molar-refractivity contribution in [2.75, 3.05) is 25.2 Å². The summed E-state index contributed by atoms with van der Waals surface area (Å²) in [5.41, 5.74) is 0.223. The van der Waals surface area contributed by atoms with E-state index in [2.05, 4.69) is 10.1 Å². The molecule has 1 fully saturated rings. The van der Waals surface area contributed by atoms with E-state index in [4.69, 9.17) is 4.74 Å². The maximum absolute atomic E-state index is 11.8. The number of methoxy groups -OCH3 is 1. The molecule has 1 saturated heterocycles. The Morgan fingerprint density at radius 1 is 1.32 bits per heavy atom. The number of rotatable bonds is 5. The molecule has 1 aromatic carbocycles. The highest BCUT2D eigenvalue weighted by Gasteiger charge is 2.29. The summed E-state index contributed by atoms with van der Waals surface area (Å²) in [4.78, 5) is 23.3. The smallest absolute Gasteiger partial charge is 0.341 e. The van der Waals surface area contributed by atoms with Gasteiger partial charge < -0.3 is 14.8 Å². The lowest BCUT2D eigenvalue weighted by Gasteiger charge is -2.13. The van der Waals surface area contributed by atoms with Crippen LogP contribution in [0, 0.1) is 0 Å². The van der Waals surface area contributed by atoms with Crippen molar-refractivity contribution >= 4 is 21.7 Å². The van der Waals surface area contributed by atoms with Gasteiger partial charge in [-0.2, -0.15) is 0 Å². The molecular formula is C14H17NO6S. The third kappa shape index (κ3) is 4.20. The number of nitrogens with one attached hydrogen (secondary N) is 1. The lowest BCUT2D eigenvalue weighted by Crippen LogP contribution is -2.38. The van der Waals surface area contributed by atoms with E-state index in [9.17, 15) is 18.0 Å². The molecule has 1 N–H and O–H groups in total. The van der Waals surface area contributed by atoms with E-state index < -0.39 is 21.7 Å². The van der Waals surface area contributed by atoms with E-state index in [1.165, 1.54) is 13.2 Å². The van der Waals surface area contributed by atoms with Crippen LogP contribution in [0.5, 0.6) is 5.75 Å². The molecule has 22 heavy (non-hydrogen) atoms. The predicted molar refractivity (Wildman–Crippen MR) is 78.5 cm³/mol. The summed E-state index contributed by atoms with van der Waals surface area (Å²) >= 11 is 0. The number of benzene rings is 1. The third-order valence-electron chi connectivity index (χ3n) is 3.25. The SMILES string of the molecule is COC(=O)c1ccccc1OCC(=O)N[C@@H]1CCS(=O)(=O)C1. The molecule has 1 amide bonds. The molecule has 1 aromatic rings. The third-order valence-corrected chi connectivity index (χ3v) is 5.02. The summed E-state index contributed by atoms with van der Waals surface area (Å²) in [7, 11) is -1.79. The number of carbonyl (C=O) groups is 2. The van der Waals surface area contributed by atoms with Crippen LogP contribution in [-0.2, 0) is 19.4 Å². The molecular weight excluding hydrogens is 310 g/mol. The van der Waals surface area contributed by atoms with Crippen LogP contribution < -0.4 is 10.1 Å². The van der Waals surface area contributed by atoms with Gasteiger partial charge in [-0.05, 0) is 18.6 Å². The minimum absolute atomic E-state index is 0.0442. The van der Waals surface area contributed by atoms with Gasteiger partial charge in [0.1, 0.15) is 11.3 Å². The van der Waals surface area contributed by atoms with Crippen LogP contribution in [0.2, 0.25) is 0 Å². The number of amides is 1. The van der Waals surface area contributed by atoms with Crippen molar-refractivity contribution < 1.29 is 27.5 Å². The van der Waals surface area contributed by atoms with Crippen LogP contribution in [0.3, 0.4) is 0 Å². The summed E-state index contributed by atoms with van der Waals surface area (Å²) in [6.45, 7) is -0.301. The number of esters is 1. The molecule has 120 valence electrons. The van der Waals surface area contributed by atoms with Crippen LogP contribution in [0.1, 0.15) is 16.8 Å². The maximum Gasteiger partial charge on any atom is 0.341 e. The monoisotopic (exact) mass is 327 g/mol. The summed E-state index contributed by atoms with van der Waals surface area (Å²) < 4.78 is 32.6. The van der Waals surface area contributed by atoms with E-state index in [0.717, 1.165) is 0 Å². The molecule has 0 bridgehead atoms. The molecule has 0 radical (unpaired) electrons. The van der Waals surface area contributed by atoms with Crippen LogP contribution in [0.4, 0.5) is 0 Å². The van der Waals surface area contributed by atoms with Crippen LogP contribution in [-0.4, -0.2) is 51.6 Å². The largest absolute Gasteiger partial charge is 0.483 e. The molecule has 1 heterocycles. The maximum atomic E-state index is 11.8. The molecule has 0 saturated carbocycles. The van der Waals surface area contributed by atoms with Gasteiger partial charge in [-0.25, -0.2) is 13.2 Å². The zero-order valence-corrected chi connectivity index (χ0v) is 12.9. The van der Waals surface area contributed by atoms with Gasteiger partial charge in [0, 0.05) is 6.04 Å². The van der Waals surface area contributed by atoms with Gasteiger partial charge in [0.25, 0.3) is 5.91 Å². The first kappa shape index (κ1) is 16.3. The first-order valence-electron chi connectivity index (χ1n) is 6.71. The second-order valence-electron chi connectivity index (χ2n) is 4.94. The summed E-state index contributed by atoms with van der Waals surface area (Å²) in [5, 5.41) is 2.61. The van der Waals surface area contributed by atoms with Gasteiger partial charge in [-0.15, -0.1) is 0 Å². The number of ether oxygens (including phenoxy) is 2. The zero-order valence-electron chi connectivity index (χ0n) is 12.1. The second kappa shape index (κ2) is 6.78. The first-order valence-corrected chi connectivity index (χ1v) is 8.53. The summed E-state index contributed by atoms with van der Waals surface area (Å²) in [6, 6.07) is 6.03. The Labute approximate surface area is 128 Å². The first-order chi connectivity index (χ1) is 10.4. The van der Waals surface area contributed by atoms with Gasteiger partial charge in [0.05, 0.1) is 18.6 Å². The minimum atomic E-state index is -3.05. The van der Waals surface area contributed by atoms with Crippen molar-refractivity contribution in [3.8, 4) is 5.75 Å². The van der Waals surface area contributed by atoms with Gasteiger partial charge in [0.15, 0.2) is 16.4 Å². The number of hydrogen-bond donors (Lipinski definition) is 1. The topological polar surface area (TPSA) is 98.8 Å². The van der Waals surface area contributed by atoms with Crippen molar-refractivity contribution in [3.05, 3.63) is 29.8 Å². The fraction of sp³-hybridized carbons (Fsp3) is 0.429. The second-order valence-corrected chi connectivity index (χ2v) is 7.17. The Morgan fingerprint density at radius 2 is 2.05 bits per heavy atom. The van der Waals surface area contributed by atoms with E-state index >= 15 is 0 Å². The van der Waals surface area contributed by atoms with Crippen LogP contribution in [0.25, 0.3) is 0 Å². The highest BCUT2D eigenvalue weighted by atomic mass is 32.2. The number of para-hydroxylation sites is 1. The molecule has 8 heteroatoms. The Balaban J connectivity index is 1.91. The van der Waals surface area contributed by atoms with Crippen LogP contribution in [0.15, 0.2) is 24.3 Å². The molecule has 1 aliphatic rings. The van der Waals surface area contributed by atoms with Crippen molar-refractivity contribution in [1.29, 1.82) is 0 Å². The lowest BCUT2D eigenvalue weighted by molar-refractivity contribution is -0.123. The molecule has 0 aliphatic carbocycles. The minimum Gasteiger partial charge on any atom is -0.483 e. The highest BCUT2D eigenvalue weighted by molar-refractivity contribution is 7.91. The van der Waals surface area contributed by atoms with Gasteiger partial charge >= 0.3 is 5.97 Å². The Hall–Kier alpha value is -2.09. The van der Waals surface area contributed by atoms with Crippen molar-refractivity contribution in [1.82, 2.24) is 5.32 Å². The fourth-order valence-electron chi connectivity index (χ4n) is 2.19. The van der Waals surface area contributed by atoms with Gasteiger partial charge in [-0.1, -0.05) is 12.1 Å². The van der Waals surface area contributed by atoms with E-state index in [-0.39, 0.29) is 35.5 Å². The molecule has 0 spiro atoms. The number of carbonyl (C=O) groups excluding carboxylic acids is 2. The van der Waals surface area contributed by atoms with Crippen molar-refractivity contribution in [3.63, 3.8) is 0 Å². The van der Waals surface area contributed by atoms with Gasteiger partial charge in [-0.3, -0.25) is 4.79 Å². The number of hydrogen-bond acceptors (Lipinski definition) is 6. The highest BCUT2D eigenvalue weighted by Crippen LogP contribution is 2.18. The van der Waals surface area contributed by atoms with Gasteiger partial charge in [0.2, 0.25) is 0 Å². The average Bonchev–Trinajstić information content (AvgIpc) is 2.83. The lowest BCUT2D eigenvalue weighted by atomic mass is 10.2. The molecule has 2 rings (SSSR count). The van der Waals surface area contributed by atoms with Crippen molar-refractivity contribution in [2.24, 2.45) is 0 Å². The number of sulfone groups is 1. The summed E-state index contributed by atoms with van der Waals surface area (Å²) in [6.07, 6.45) is 0.410. The average molecular weight is 327 g/mol. The standard InChI is InChI=1S/C14H17NO6S/c1-20-14(17)11-4-2-3-5-12(11)21-8-13(16)15-10-6-7-22(18,19)9-10/h2-5,10H,6-9H2,1H3,(H,15,16)/t10-/m1/s1. The van der Waals surface area contributed by atoms with Crippen molar-refractivity contribution in [2.45, 2.75) is 12.5 Å². The van der Waals surface area contributed by atoms with E-state index in [1.807, 2.05) is 0 Å². The molecule has 1 aliphatic heterocycles. The normalized spacial score (nSPS) is 19.4. The predicted octanol–water partition coefficient (Wildman–Crippen LogP) is 0.155. The van der Waals surface area contributed by atoms with Crippen LogP contribution >= 0.6 is 0 Å². The molecule has 1 atom stereocenters. The fourth-order valence-corrected chi connectivity index (χ4v) is 3.87. The molecule has 0 aromatic heterocycles. The van der Waals surface area contributed by atoms with E-state index in [0.29, 0.717) is 6.42 Å². The Kier molecular flexibility index (Phi) is 5.02. The van der Waals surface area contributed by atoms with E-state index in [1.54, 1.807) is 18.2 Å².